The Kier molecular flexibility index (Phi) is 14.4. The number of nitrogens with two attached hydrogens (primary N) is 1. The van der Waals surface area contributed by atoms with Crippen LogP contribution in [-0.2, 0) is 26.2 Å². The number of methoxy groups -OCH3 is 2. The third-order valence-corrected chi connectivity index (χ3v) is 8.88. The molecular weight excluding hydrogens is 727 g/mol. The Morgan fingerprint density at radius 2 is 1.63 bits per heavy atom. The van der Waals surface area contributed by atoms with E-state index in [-0.39, 0.29) is 17.9 Å². The largest absolute Gasteiger partial charge is 0.494 e. The summed E-state index contributed by atoms with van der Waals surface area (Å²) in [4.78, 5) is 32.1. The van der Waals surface area contributed by atoms with Crippen LogP contribution in [0, 0.1) is 12.3 Å². The van der Waals surface area contributed by atoms with Crippen molar-refractivity contribution in [3.8, 4) is 29.6 Å². The number of terminal acetylenes is 1. The fraction of sp³-hybridized carbons (Fsp3) is 0.295. The van der Waals surface area contributed by atoms with Crippen molar-refractivity contribution in [1.82, 2.24) is 10.3 Å². The Balaban J connectivity index is 1.36. The standard InChI is InChI=1S/C44H49N5O8/c1-7-29-22-30(42(51)47-16-17-55-20-21-56-19-18-53-5)25-33(23-29)48-40-27-34(14-15-46-40)57-39-13-12-37(35-10-8-9-11-36(35)39)49(43(45)52)38-26-32(44(2,3)4)24-31(28-50)41(38)54-6/h1,8-15,22-27,50H,16-21,28H2,2-6H3,(H2,45,52)(H,46,48)(H,47,51). The summed E-state index contributed by atoms with van der Waals surface area (Å²) in [5.74, 6) is 4.07. The van der Waals surface area contributed by atoms with E-state index < -0.39 is 6.03 Å². The second-order valence-electron chi connectivity index (χ2n) is 13.9. The summed E-state index contributed by atoms with van der Waals surface area (Å²) in [6.07, 6.45) is 7.33. The summed E-state index contributed by atoms with van der Waals surface area (Å²) in [6.45, 7) is 8.33. The van der Waals surface area contributed by atoms with E-state index in [9.17, 15) is 14.7 Å². The number of aliphatic hydroxyl groups excluding tert-OH is 1. The van der Waals surface area contributed by atoms with E-state index in [0.29, 0.717) is 107 Å². The molecule has 5 aromatic rings. The van der Waals surface area contributed by atoms with Gasteiger partial charge in [-0.2, -0.15) is 0 Å². The molecule has 5 N–H and O–H groups in total. The summed E-state index contributed by atoms with van der Waals surface area (Å²) in [5.41, 5.74) is 9.54. The molecule has 0 aliphatic heterocycles. The summed E-state index contributed by atoms with van der Waals surface area (Å²) in [7, 11) is 3.10. The predicted molar refractivity (Wildman–Crippen MR) is 221 cm³/mol. The maximum atomic E-state index is 13.3. The first-order chi connectivity index (χ1) is 27.5. The number of amides is 3. The second kappa shape index (κ2) is 19.6. The van der Waals surface area contributed by atoms with Crippen molar-refractivity contribution in [2.24, 2.45) is 5.73 Å². The predicted octanol–water partition coefficient (Wildman–Crippen LogP) is 7.18. The Morgan fingerprint density at radius 1 is 0.895 bits per heavy atom. The van der Waals surface area contributed by atoms with Crippen molar-refractivity contribution in [3.63, 3.8) is 0 Å². The van der Waals surface area contributed by atoms with Crippen molar-refractivity contribution in [2.45, 2.75) is 32.8 Å². The Labute approximate surface area is 333 Å². The summed E-state index contributed by atoms with van der Waals surface area (Å²) >= 11 is 0. The van der Waals surface area contributed by atoms with Gasteiger partial charge < -0.3 is 45.2 Å². The highest BCUT2D eigenvalue weighted by atomic mass is 16.5. The first-order valence-electron chi connectivity index (χ1n) is 18.4. The van der Waals surface area contributed by atoms with E-state index in [1.165, 1.54) is 12.0 Å². The van der Waals surface area contributed by atoms with E-state index in [4.69, 9.17) is 35.8 Å². The zero-order valence-electron chi connectivity index (χ0n) is 32.9. The third kappa shape index (κ3) is 10.8. The summed E-state index contributed by atoms with van der Waals surface area (Å²) < 4.78 is 28.0. The van der Waals surface area contributed by atoms with Gasteiger partial charge in [-0.05, 0) is 59.5 Å². The number of aliphatic hydroxyl groups is 1. The van der Waals surface area contributed by atoms with Gasteiger partial charge in [-0.25, -0.2) is 9.78 Å². The zero-order chi connectivity index (χ0) is 41.0. The number of pyridine rings is 1. The molecule has 3 amide bonds. The number of ether oxygens (including phenoxy) is 5. The monoisotopic (exact) mass is 775 g/mol. The van der Waals surface area contributed by atoms with Crippen LogP contribution in [0.25, 0.3) is 10.8 Å². The molecule has 1 heterocycles. The van der Waals surface area contributed by atoms with Crippen LogP contribution in [0.1, 0.15) is 47.8 Å². The lowest BCUT2D eigenvalue weighted by molar-refractivity contribution is 0.0255. The molecule has 0 saturated carbocycles. The van der Waals surface area contributed by atoms with Crippen molar-refractivity contribution < 1.29 is 38.4 Å². The lowest BCUT2D eigenvalue weighted by atomic mass is 9.85. The molecule has 0 spiro atoms. The van der Waals surface area contributed by atoms with Gasteiger partial charge >= 0.3 is 6.03 Å². The highest BCUT2D eigenvalue weighted by Gasteiger charge is 2.27. The number of hydrogen-bond acceptors (Lipinski definition) is 10. The van der Waals surface area contributed by atoms with Crippen molar-refractivity contribution in [3.05, 3.63) is 107 Å². The van der Waals surface area contributed by atoms with E-state index in [1.54, 1.807) is 55.8 Å². The SMILES string of the molecule is C#Cc1cc(Nc2cc(Oc3ccc(N(C(N)=O)c4cc(C(C)(C)C)cc(CO)c4OC)c4ccccc34)ccn2)cc(C(=O)NCCOCCOCCOC)c1. The van der Waals surface area contributed by atoms with Gasteiger partial charge in [0.1, 0.15) is 23.1 Å². The van der Waals surface area contributed by atoms with Gasteiger partial charge in [0.15, 0.2) is 0 Å². The van der Waals surface area contributed by atoms with E-state index >= 15 is 0 Å². The first-order valence-corrected chi connectivity index (χ1v) is 18.4. The number of nitrogens with one attached hydrogen (secondary N) is 2. The molecule has 0 bridgehead atoms. The molecule has 0 fully saturated rings. The Bertz CT molecular complexity index is 2230. The van der Waals surface area contributed by atoms with Crippen LogP contribution in [-0.4, -0.2) is 75.8 Å². The highest BCUT2D eigenvalue weighted by molar-refractivity contribution is 6.09. The van der Waals surface area contributed by atoms with Crippen molar-refractivity contribution >= 4 is 45.6 Å². The van der Waals surface area contributed by atoms with Crippen LogP contribution >= 0.6 is 0 Å². The molecule has 5 rings (SSSR count). The van der Waals surface area contributed by atoms with Crippen LogP contribution in [0.3, 0.4) is 0 Å². The van der Waals surface area contributed by atoms with Crippen molar-refractivity contribution in [2.75, 3.05) is 64.0 Å². The summed E-state index contributed by atoms with van der Waals surface area (Å²) in [6, 6.07) is 22.5. The quantitative estimate of drug-likeness (QED) is 0.0529. The number of aromatic nitrogens is 1. The number of carbonyl (C=O) groups excluding carboxylic acids is 2. The molecule has 57 heavy (non-hydrogen) atoms. The van der Waals surface area contributed by atoms with Gasteiger partial charge in [-0.15, -0.1) is 6.42 Å². The highest BCUT2D eigenvalue weighted by Crippen LogP contribution is 2.44. The number of urea groups is 1. The molecule has 0 aliphatic carbocycles. The molecule has 13 heteroatoms. The number of carbonyl (C=O) groups is 2. The molecule has 0 unspecified atom stereocenters. The molecule has 0 radical (unpaired) electrons. The number of hydrogen-bond donors (Lipinski definition) is 4. The smallest absolute Gasteiger partial charge is 0.324 e. The van der Waals surface area contributed by atoms with E-state index in [0.717, 1.165) is 5.56 Å². The van der Waals surface area contributed by atoms with Crippen LogP contribution in [0.4, 0.5) is 27.7 Å². The van der Waals surface area contributed by atoms with E-state index in [1.807, 2.05) is 57.2 Å². The van der Waals surface area contributed by atoms with Gasteiger partial charge in [-0.1, -0.05) is 51.0 Å². The topological polar surface area (TPSA) is 167 Å². The number of benzene rings is 4. The molecule has 0 atom stereocenters. The van der Waals surface area contributed by atoms with Gasteiger partial charge in [0.05, 0.1) is 58.1 Å². The number of rotatable bonds is 18. The average Bonchev–Trinajstić information content (AvgIpc) is 3.20. The Morgan fingerprint density at radius 3 is 2.32 bits per heavy atom. The third-order valence-electron chi connectivity index (χ3n) is 8.88. The van der Waals surface area contributed by atoms with Gasteiger partial charge in [0, 0.05) is 59.1 Å². The number of anilines is 4. The number of nitrogens with zero attached hydrogens (tertiary/aromatic N) is 2. The Hall–Kier alpha value is -6.17. The molecule has 298 valence electrons. The van der Waals surface area contributed by atoms with Crippen LogP contribution in [0.5, 0.6) is 17.2 Å². The van der Waals surface area contributed by atoms with Gasteiger partial charge in [0.25, 0.3) is 5.91 Å². The molecule has 13 nitrogen and oxygen atoms in total. The number of fused-ring (bicyclic) bond motifs is 1. The van der Waals surface area contributed by atoms with Crippen LogP contribution in [0.15, 0.2) is 85.1 Å². The molecule has 0 aliphatic rings. The minimum Gasteiger partial charge on any atom is -0.494 e. The minimum absolute atomic E-state index is 0.293. The van der Waals surface area contributed by atoms with Crippen LogP contribution < -0.4 is 30.7 Å². The minimum atomic E-state index is -0.731. The normalized spacial score (nSPS) is 11.2. The van der Waals surface area contributed by atoms with Gasteiger partial charge in [-0.3, -0.25) is 9.69 Å². The second-order valence-corrected chi connectivity index (χ2v) is 13.9. The van der Waals surface area contributed by atoms with Crippen LogP contribution in [0.2, 0.25) is 0 Å². The lowest BCUT2D eigenvalue weighted by Gasteiger charge is -2.29. The van der Waals surface area contributed by atoms with Gasteiger partial charge in [0.2, 0.25) is 0 Å². The molecular formula is C44H49N5O8. The first kappa shape index (κ1) is 42.0. The molecule has 4 aromatic carbocycles. The van der Waals surface area contributed by atoms with E-state index in [2.05, 4.69) is 21.5 Å². The fourth-order valence-electron chi connectivity index (χ4n) is 6.07. The fourth-order valence-corrected chi connectivity index (χ4v) is 6.07. The maximum absolute atomic E-state index is 13.3. The lowest BCUT2D eigenvalue weighted by Crippen LogP contribution is -2.32. The molecule has 1 aromatic heterocycles. The molecule has 0 saturated heterocycles. The zero-order valence-corrected chi connectivity index (χ0v) is 32.9. The average molecular weight is 776 g/mol. The van der Waals surface area contributed by atoms with Crippen molar-refractivity contribution in [1.29, 1.82) is 0 Å². The summed E-state index contributed by atoms with van der Waals surface area (Å²) in [5, 5.41) is 17.7. The maximum Gasteiger partial charge on any atom is 0.324 e. The number of primary amides is 1.